The third-order valence-electron chi connectivity index (χ3n) is 4.94. The first-order chi connectivity index (χ1) is 12.2. The van der Waals surface area contributed by atoms with Crippen LogP contribution in [0.1, 0.15) is 23.2 Å². The van der Waals surface area contributed by atoms with E-state index in [-0.39, 0.29) is 12.0 Å². The number of nitrogens with zero attached hydrogens (tertiary/aromatic N) is 2. The fourth-order valence-electron chi connectivity index (χ4n) is 3.50. The number of amides is 1. The summed E-state index contributed by atoms with van der Waals surface area (Å²) in [4.78, 5) is 16.5. The number of nitrogens with one attached hydrogen (secondary N) is 1. The molecule has 0 bridgehead atoms. The zero-order valence-corrected chi connectivity index (χ0v) is 14.1. The third-order valence-corrected chi connectivity index (χ3v) is 4.94. The topological polar surface area (TPSA) is 67.2 Å². The van der Waals surface area contributed by atoms with Crippen molar-refractivity contribution in [2.75, 3.05) is 7.05 Å². The number of aliphatic hydroxyl groups is 1. The summed E-state index contributed by atoms with van der Waals surface area (Å²) in [6, 6.07) is 15.6. The number of aliphatic hydroxyl groups excluding tert-OH is 1. The van der Waals surface area contributed by atoms with Gasteiger partial charge in [-0.05, 0) is 43.0 Å². The van der Waals surface area contributed by atoms with E-state index in [1.54, 1.807) is 7.05 Å². The van der Waals surface area contributed by atoms with Crippen molar-refractivity contribution >= 4 is 16.9 Å². The lowest BCUT2D eigenvalue weighted by Gasteiger charge is -2.32. The van der Waals surface area contributed by atoms with Crippen molar-refractivity contribution in [1.82, 2.24) is 14.9 Å². The second kappa shape index (κ2) is 6.33. The Balaban J connectivity index is 1.74. The zero-order chi connectivity index (χ0) is 17.4. The number of para-hydroxylation sites is 2. The molecule has 25 heavy (non-hydrogen) atoms. The molecule has 5 heteroatoms. The number of carbonyl (C=O) groups is 1. The highest BCUT2D eigenvalue weighted by atomic mass is 16.3. The van der Waals surface area contributed by atoms with Crippen molar-refractivity contribution < 1.29 is 9.90 Å². The molecule has 1 saturated carbocycles. The zero-order valence-electron chi connectivity index (χ0n) is 14.1. The summed E-state index contributed by atoms with van der Waals surface area (Å²) < 4.78 is 2.24. The van der Waals surface area contributed by atoms with Crippen molar-refractivity contribution in [3.05, 3.63) is 54.1 Å². The lowest BCUT2D eigenvalue weighted by molar-refractivity contribution is 0.0359. The summed E-state index contributed by atoms with van der Waals surface area (Å²) in [5.74, 6) is 1.30. The van der Waals surface area contributed by atoms with E-state index < -0.39 is 0 Å². The summed E-state index contributed by atoms with van der Waals surface area (Å²) in [5.41, 5.74) is 3.70. The predicted octanol–water partition coefficient (Wildman–Crippen LogP) is 2.83. The predicted molar refractivity (Wildman–Crippen MR) is 97.3 cm³/mol. The van der Waals surface area contributed by atoms with Crippen LogP contribution >= 0.6 is 0 Å². The number of aromatic nitrogens is 2. The Labute approximate surface area is 146 Å². The molecule has 2 aromatic carbocycles. The van der Waals surface area contributed by atoms with Crippen LogP contribution in [0, 0.1) is 5.92 Å². The fraction of sp³-hybridized carbons (Fsp3) is 0.300. The Kier molecular flexibility index (Phi) is 4.01. The number of fused-ring (bicyclic) bond motifs is 1. The molecule has 0 aliphatic heterocycles. The maximum absolute atomic E-state index is 11.7. The quantitative estimate of drug-likeness (QED) is 0.770. The molecule has 0 atom stereocenters. The Bertz CT molecular complexity index is 908. The Morgan fingerprint density at radius 3 is 2.60 bits per heavy atom. The van der Waals surface area contributed by atoms with Gasteiger partial charge in [-0.1, -0.05) is 24.3 Å². The van der Waals surface area contributed by atoms with Crippen molar-refractivity contribution in [2.24, 2.45) is 5.92 Å². The van der Waals surface area contributed by atoms with Crippen LogP contribution in [0.2, 0.25) is 0 Å². The molecule has 0 spiro atoms. The molecule has 1 fully saturated rings. The van der Waals surface area contributed by atoms with E-state index in [0.717, 1.165) is 41.8 Å². The third kappa shape index (κ3) is 2.91. The Morgan fingerprint density at radius 1 is 1.20 bits per heavy atom. The minimum Gasteiger partial charge on any atom is -0.393 e. The van der Waals surface area contributed by atoms with Crippen LogP contribution in [0.3, 0.4) is 0 Å². The minimum absolute atomic E-state index is 0.0940. The fourth-order valence-corrected chi connectivity index (χ4v) is 3.50. The van der Waals surface area contributed by atoms with Crippen LogP contribution < -0.4 is 5.32 Å². The molecule has 5 nitrogen and oxygen atoms in total. The molecule has 4 rings (SSSR count). The summed E-state index contributed by atoms with van der Waals surface area (Å²) in [6.45, 7) is 0.851. The summed E-state index contributed by atoms with van der Waals surface area (Å²) in [6.07, 6.45) is 1.54. The molecule has 0 radical (unpaired) electrons. The van der Waals surface area contributed by atoms with Crippen LogP contribution in [0.25, 0.3) is 22.4 Å². The lowest BCUT2D eigenvalue weighted by atomic mass is 9.82. The highest BCUT2D eigenvalue weighted by Crippen LogP contribution is 2.32. The van der Waals surface area contributed by atoms with E-state index in [4.69, 9.17) is 4.98 Å². The van der Waals surface area contributed by atoms with Gasteiger partial charge < -0.3 is 15.0 Å². The number of imidazole rings is 1. The van der Waals surface area contributed by atoms with E-state index in [9.17, 15) is 9.90 Å². The van der Waals surface area contributed by atoms with Crippen LogP contribution in [0.5, 0.6) is 0 Å². The van der Waals surface area contributed by atoms with Gasteiger partial charge in [0.2, 0.25) is 0 Å². The Morgan fingerprint density at radius 2 is 1.92 bits per heavy atom. The van der Waals surface area contributed by atoms with Gasteiger partial charge in [0.05, 0.1) is 17.1 Å². The summed E-state index contributed by atoms with van der Waals surface area (Å²) in [5, 5.41) is 12.2. The van der Waals surface area contributed by atoms with Crippen LogP contribution in [-0.4, -0.2) is 33.7 Å². The molecule has 0 unspecified atom stereocenters. The van der Waals surface area contributed by atoms with Crippen LogP contribution in [-0.2, 0) is 6.54 Å². The van der Waals surface area contributed by atoms with Gasteiger partial charge in [-0.3, -0.25) is 4.79 Å². The van der Waals surface area contributed by atoms with Gasteiger partial charge in [0.15, 0.2) is 0 Å². The molecule has 1 aromatic heterocycles. The smallest absolute Gasteiger partial charge is 0.251 e. The largest absolute Gasteiger partial charge is 0.393 e. The normalized spacial score (nSPS) is 19.6. The first-order valence-electron chi connectivity index (χ1n) is 8.61. The Hall–Kier alpha value is -2.66. The minimum atomic E-state index is -0.157. The maximum atomic E-state index is 11.7. The first-order valence-corrected chi connectivity index (χ1v) is 8.61. The van der Waals surface area contributed by atoms with E-state index in [0.29, 0.717) is 11.5 Å². The second-order valence-electron chi connectivity index (χ2n) is 6.68. The van der Waals surface area contributed by atoms with Crippen molar-refractivity contribution in [2.45, 2.75) is 25.5 Å². The molecule has 1 aliphatic carbocycles. The monoisotopic (exact) mass is 335 g/mol. The highest BCUT2D eigenvalue weighted by Gasteiger charge is 2.28. The standard InChI is InChI=1S/C20H21N3O2/c1-21-20(25)15-8-6-14(7-9-15)19-22-17-4-2-3-5-18(17)23(19)12-13-10-16(24)11-13/h2-9,13,16,24H,10-12H2,1H3,(H,21,25). The first kappa shape index (κ1) is 15.8. The van der Waals surface area contributed by atoms with Gasteiger partial charge in [0, 0.05) is 24.7 Å². The SMILES string of the molecule is CNC(=O)c1ccc(-c2nc3ccccc3n2CC2CC(O)C2)cc1. The average Bonchev–Trinajstić information content (AvgIpc) is 2.98. The molecule has 0 saturated heterocycles. The van der Waals surface area contributed by atoms with Gasteiger partial charge in [-0.2, -0.15) is 0 Å². The molecule has 3 aromatic rings. The summed E-state index contributed by atoms with van der Waals surface area (Å²) in [7, 11) is 1.63. The number of benzene rings is 2. The van der Waals surface area contributed by atoms with E-state index in [1.807, 2.05) is 42.5 Å². The highest BCUT2D eigenvalue weighted by molar-refractivity contribution is 5.94. The van der Waals surface area contributed by atoms with Crippen molar-refractivity contribution in [3.8, 4) is 11.4 Å². The van der Waals surface area contributed by atoms with E-state index in [1.165, 1.54) is 0 Å². The summed E-state index contributed by atoms with van der Waals surface area (Å²) >= 11 is 0. The molecule has 1 heterocycles. The van der Waals surface area contributed by atoms with Crippen LogP contribution in [0.15, 0.2) is 48.5 Å². The molecule has 1 aliphatic rings. The van der Waals surface area contributed by atoms with Crippen molar-refractivity contribution in [1.29, 1.82) is 0 Å². The maximum Gasteiger partial charge on any atom is 0.251 e. The average molecular weight is 335 g/mol. The van der Waals surface area contributed by atoms with E-state index >= 15 is 0 Å². The number of rotatable bonds is 4. The number of carbonyl (C=O) groups excluding carboxylic acids is 1. The van der Waals surface area contributed by atoms with Crippen molar-refractivity contribution in [3.63, 3.8) is 0 Å². The molecule has 128 valence electrons. The van der Waals surface area contributed by atoms with Crippen LogP contribution in [0.4, 0.5) is 0 Å². The number of hydrogen-bond donors (Lipinski definition) is 2. The van der Waals surface area contributed by atoms with Gasteiger partial charge in [0.1, 0.15) is 5.82 Å². The molecular weight excluding hydrogens is 314 g/mol. The molecular formula is C20H21N3O2. The molecule has 2 N–H and O–H groups in total. The second-order valence-corrected chi connectivity index (χ2v) is 6.68. The van der Waals surface area contributed by atoms with Gasteiger partial charge in [-0.15, -0.1) is 0 Å². The van der Waals surface area contributed by atoms with Gasteiger partial charge in [0.25, 0.3) is 5.91 Å². The lowest BCUT2D eigenvalue weighted by Crippen LogP contribution is -2.31. The molecule has 1 amide bonds. The van der Waals surface area contributed by atoms with E-state index in [2.05, 4.69) is 16.0 Å². The number of hydrogen-bond acceptors (Lipinski definition) is 3. The van der Waals surface area contributed by atoms with Gasteiger partial charge >= 0.3 is 0 Å². The van der Waals surface area contributed by atoms with Gasteiger partial charge in [-0.25, -0.2) is 4.98 Å².